The molecule has 3 nitrogen and oxygen atoms in total. The standard InChI is InChI=1S/C14H17NO2.ClH/c1-17-14(16)10-2-3-13-11(6-10)4-9-5-12(13)8-15-7-9;/h2-3,6,9,12,15H,4-5,7-8H2,1H3;1H. The number of esters is 1. The van der Waals surface area contributed by atoms with Crippen LogP contribution in [0.15, 0.2) is 18.2 Å². The molecule has 1 fully saturated rings. The molecule has 18 heavy (non-hydrogen) atoms. The van der Waals surface area contributed by atoms with Crippen molar-refractivity contribution in [3.63, 3.8) is 0 Å². The summed E-state index contributed by atoms with van der Waals surface area (Å²) in [6.45, 7) is 2.18. The van der Waals surface area contributed by atoms with Crippen LogP contribution in [0, 0.1) is 5.92 Å². The van der Waals surface area contributed by atoms with E-state index in [1.807, 2.05) is 12.1 Å². The van der Waals surface area contributed by atoms with Gasteiger partial charge in [-0.25, -0.2) is 4.79 Å². The Morgan fingerprint density at radius 2 is 2.22 bits per heavy atom. The van der Waals surface area contributed by atoms with Crippen molar-refractivity contribution in [2.24, 2.45) is 5.92 Å². The van der Waals surface area contributed by atoms with E-state index >= 15 is 0 Å². The van der Waals surface area contributed by atoms with Crippen molar-refractivity contribution in [2.45, 2.75) is 18.8 Å². The van der Waals surface area contributed by atoms with Gasteiger partial charge in [-0.2, -0.15) is 0 Å². The Balaban J connectivity index is 0.00000120. The predicted octanol–water partition coefficient (Wildman–Crippen LogP) is 2.14. The van der Waals surface area contributed by atoms with E-state index in [0.717, 1.165) is 25.4 Å². The van der Waals surface area contributed by atoms with E-state index in [0.29, 0.717) is 11.5 Å². The number of carbonyl (C=O) groups excluding carboxylic acids is 1. The summed E-state index contributed by atoms with van der Waals surface area (Å²) in [7, 11) is 1.43. The fourth-order valence-corrected chi connectivity index (χ4v) is 3.16. The zero-order chi connectivity index (χ0) is 11.8. The average molecular weight is 268 g/mol. The molecule has 0 spiro atoms. The summed E-state index contributed by atoms with van der Waals surface area (Å²) in [5, 5.41) is 3.48. The van der Waals surface area contributed by atoms with Crippen LogP contribution in [0.1, 0.15) is 33.8 Å². The molecule has 1 heterocycles. The van der Waals surface area contributed by atoms with Crippen LogP contribution in [0.2, 0.25) is 0 Å². The molecule has 0 radical (unpaired) electrons. The molecule has 1 aromatic carbocycles. The molecule has 3 rings (SSSR count). The molecular formula is C14H18ClNO2. The van der Waals surface area contributed by atoms with Crippen LogP contribution in [0.4, 0.5) is 0 Å². The molecule has 1 aliphatic carbocycles. The van der Waals surface area contributed by atoms with Gasteiger partial charge in [0.25, 0.3) is 0 Å². The van der Waals surface area contributed by atoms with Gasteiger partial charge in [0.15, 0.2) is 0 Å². The highest BCUT2D eigenvalue weighted by Gasteiger charge is 2.30. The Kier molecular flexibility index (Phi) is 3.93. The summed E-state index contributed by atoms with van der Waals surface area (Å²) < 4.78 is 4.77. The second-order valence-electron chi connectivity index (χ2n) is 5.07. The maximum atomic E-state index is 11.5. The fraction of sp³-hybridized carbons (Fsp3) is 0.500. The highest BCUT2D eigenvalue weighted by Crippen LogP contribution is 2.37. The first kappa shape index (κ1) is 13.4. The topological polar surface area (TPSA) is 38.3 Å². The maximum Gasteiger partial charge on any atom is 0.337 e. The van der Waals surface area contributed by atoms with Crippen LogP contribution in [0.25, 0.3) is 0 Å². The Morgan fingerprint density at radius 3 is 3.00 bits per heavy atom. The number of carbonyl (C=O) groups is 1. The predicted molar refractivity (Wildman–Crippen MR) is 72.5 cm³/mol. The molecule has 1 saturated heterocycles. The molecule has 98 valence electrons. The Morgan fingerprint density at radius 1 is 1.39 bits per heavy atom. The van der Waals surface area contributed by atoms with E-state index in [1.54, 1.807) is 0 Å². The van der Waals surface area contributed by atoms with Gasteiger partial charge >= 0.3 is 5.97 Å². The Hall–Kier alpha value is -1.06. The van der Waals surface area contributed by atoms with E-state index in [1.165, 1.54) is 24.7 Å². The van der Waals surface area contributed by atoms with Crippen molar-refractivity contribution in [1.82, 2.24) is 5.32 Å². The number of fused-ring (bicyclic) bond motifs is 4. The summed E-state index contributed by atoms with van der Waals surface area (Å²) in [5.41, 5.74) is 3.44. The van der Waals surface area contributed by atoms with Gasteiger partial charge in [0.1, 0.15) is 0 Å². The highest BCUT2D eigenvalue weighted by molar-refractivity contribution is 5.89. The lowest BCUT2D eigenvalue weighted by atomic mass is 9.74. The lowest BCUT2D eigenvalue weighted by Gasteiger charge is -2.36. The quantitative estimate of drug-likeness (QED) is 0.793. The molecule has 2 aliphatic rings. The van der Waals surface area contributed by atoms with Gasteiger partial charge in [0.2, 0.25) is 0 Å². The minimum atomic E-state index is -0.235. The van der Waals surface area contributed by atoms with Gasteiger partial charge in [0, 0.05) is 6.54 Å². The number of halogens is 1. The summed E-state index contributed by atoms with van der Waals surface area (Å²) in [4.78, 5) is 11.5. The number of nitrogens with one attached hydrogen (secondary N) is 1. The van der Waals surface area contributed by atoms with Crippen LogP contribution in [0.5, 0.6) is 0 Å². The first-order chi connectivity index (χ1) is 8.28. The van der Waals surface area contributed by atoms with Gasteiger partial charge in [-0.05, 0) is 54.5 Å². The molecule has 0 amide bonds. The highest BCUT2D eigenvalue weighted by atomic mass is 35.5. The number of methoxy groups -OCH3 is 1. The van der Waals surface area contributed by atoms with Crippen molar-refractivity contribution in [3.05, 3.63) is 34.9 Å². The van der Waals surface area contributed by atoms with Crippen molar-refractivity contribution in [3.8, 4) is 0 Å². The SMILES string of the molecule is COC(=O)c1ccc2c(c1)CC1CNCC2C1.Cl. The third-order valence-electron chi connectivity index (χ3n) is 3.95. The van der Waals surface area contributed by atoms with Crippen LogP contribution >= 0.6 is 12.4 Å². The zero-order valence-electron chi connectivity index (χ0n) is 10.4. The number of piperidine rings is 1. The van der Waals surface area contributed by atoms with Crippen molar-refractivity contribution >= 4 is 18.4 Å². The number of rotatable bonds is 1. The fourth-order valence-electron chi connectivity index (χ4n) is 3.16. The molecule has 2 atom stereocenters. The summed E-state index contributed by atoms with van der Waals surface area (Å²) in [6.07, 6.45) is 2.38. The van der Waals surface area contributed by atoms with Gasteiger partial charge in [-0.1, -0.05) is 6.07 Å². The number of hydrogen-bond acceptors (Lipinski definition) is 3. The lowest BCUT2D eigenvalue weighted by Crippen LogP contribution is -2.39. The van der Waals surface area contributed by atoms with Crippen LogP contribution in [-0.4, -0.2) is 26.2 Å². The third-order valence-corrected chi connectivity index (χ3v) is 3.95. The van der Waals surface area contributed by atoms with Crippen LogP contribution in [-0.2, 0) is 11.2 Å². The second-order valence-corrected chi connectivity index (χ2v) is 5.07. The first-order valence-electron chi connectivity index (χ1n) is 6.20. The first-order valence-corrected chi connectivity index (χ1v) is 6.20. The van der Waals surface area contributed by atoms with E-state index in [-0.39, 0.29) is 18.4 Å². The van der Waals surface area contributed by atoms with E-state index in [2.05, 4.69) is 11.4 Å². The smallest absolute Gasteiger partial charge is 0.337 e. The molecule has 0 aromatic heterocycles. The zero-order valence-corrected chi connectivity index (χ0v) is 11.3. The van der Waals surface area contributed by atoms with Gasteiger partial charge in [-0.15, -0.1) is 12.4 Å². The second kappa shape index (κ2) is 5.29. The van der Waals surface area contributed by atoms with E-state index < -0.39 is 0 Å². The summed E-state index contributed by atoms with van der Waals surface area (Å²) >= 11 is 0. The maximum absolute atomic E-state index is 11.5. The molecule has 0 saturated carbocycles. The minimum absolute atomic E-state index is 0. The number of ether oxygens (including phenoxy) is 1. The molecule has 1 N–H and O–H groups in total. The third kappa shape index (κ3) is 2.25. The minimum Gasteiger partial charge on any atom is -0.465 e. The van der Waals surface area contributed by atoms with Gasteiger partial charge in [0.05, 0.1) is 12.7 Å². The van der Waals surface area contributed by atoms with Gasteiger partial charge in [-0.3, -0.25) is 0 Å². The van der Waals surface area contributed by atoms with Crippen molar-refractivity contribution in [2.75, 3.05) is 20.2 Å². The molecule has 4 heteroatoms. The Labute approximate surface area is 113 Å². The molecule has 1 aliphatic heterocycles. The molecule has 2 unspecified atom stereocenters. The Bertz CT molecular complexity index is 461. The number of hydrogen-bond donors (Lipinski definition) is 1. The van der Waals surface area contributed by atoms with E-state index in [4.69, 9.17) is 4.74 Å². The number of benzene rings is 1. The van der Waals surface area contributed by atoms with Crippen LogP contribution < -0.4 is 5.32 Å². The van der Waals surface area contributed by atoms with Crippen molar-refractivity contribution < 1.29 is 9.53 Å². The van der Waals surface area contributed by atoms with E-state index in [9.17, 15) is 4.79 Å². The summed E-state index contributed by atoms with van der Waals surface area (Å²) in [6, 6.07) is 6.01. The molecule has 2 bridgehead atoms. The summed E-state index contributed by atoms with van der Waals surface area (Å²) in [5.74, 6) is 1.13. The largest absolute Gasteiger partial charge is 0.465 e. The van der Waals surface area contributed by atoms with Gasteiger partial charge < -0.3 is 10.1 Å². The molecule has 1 aromatic rings. The average Bonchev–Trinajstić information content (AvgIpc) is 2.37. The molecular weight excluding hydrogens is 250 g/mol. The lowest BCUT2D eigenvalue weighted by molar-refractivity contribution is 0.0600. The van der Waals surface area contributed by atoms with Crippen LogP contribution in [0.3, 0.4) is 0 Å². The van der Waals surface area contributed by atoms with Crippen molar-refractivity contribution in [1.29, 1.82) is 0 Å². The monoisotopic (exact) mass is 267 g/mol. The normalized spacial score (nSPS) is 24.7.